The Bertz CT molecular complexity index is 1170. The van der Waals surface area contributed by atoms with Gasteiger partial charge in [-0.15, -0.1) is 12.4 Å². The Labute approximate surface area is 202 Å². The smallest absolute Gasteiger partial charge is 0.228 e. The number of fused-ring (bicyclic) bond motifs is 1. The molecule has 1 aromatic heterocycles. The normalized spacial score (nSPS) is 11.5. The highest BCUT2D eigenvalue weighted by Gasteiger charge is 2.22. The second-order valence-electron chi connectivity index (χ2n) is 7.31. The van der Waals surface area contributed by atoms with Gasteiger partial charge in [-0.25, -0.2) is 17.8 Å². The van der Waals surface area contributed by atoms with E-state index in [1.807, 2.05) is 31.1 Å². The number of sulfone groups is 1. The van der Waals surface area contributed by atoms with E-state index in [0.29, 0.717) is 28.8 Å². The van der Waals surface area contributed by atoms with Crippen molar-refractivity contribution in [3.8, 4) is 0 Å². The maximum atomic E-state index is 13.1. The van der Waals surface area contributed by atoms with Crippen molar-refractivity contribution in [1.82, 2.24) is 9.88 Å². The number of anilines is 1. The maximum absolute atomic E-state index is 13.1. The second kappa shape index (κ2) is 11.4. The Morgan fingerprint density at radius 2 is 1.81 bits per heavy atom. The van der Waals surface area contributed by atoms with Crippen LogP contribution >= 0.6 is 35.3 Å². The summed E-state index contributed by atoms with van der Waals surface area (Å²) in [5.41, 5.74) is 0.644. The monoisotopic (exact) mass is 519 g/mol. The van der Waals surface area contributed by atoms with Crippen LogP contribution in [0.5, 0.6) is 0 Å². The van der Waals surface area contributed by atoms with Crippen molar-refractivity contribution in [3.63, 3.8) is 0 Å². The lowest BCUT2D eigenvalue weighted by Crippen LogP contribution is -2.36. The molecule has 1 amide bonds. The van der Waals surface area contributed by atoms with Crippen LogP contribution in [0.1, 0.15) is 12.8 Å². The first-order chi connectivity index (χ1) is 14.7. The van der Waals surface area contributed by atoms with Crippen molar-refractivity contribution in [3.05, 3.63) is 53.3 Å². The van der Waals surface area contributed by atoms with Crippen molar-refractivity contribution < 1.29 is 17.6 Å². The van der Waals surface area contributed by atoms with Gasteiger partial charge in [-0.2, -0.15) is 0 Å². The van der Waals surface area contributed by atoms with Crippen LogP contribution in [0, 0.1) is 5.82 Å². The van der Waals surface area contributed by atoms with Crippen LogP contribution in [0.2, 0.25) is 5.02 Å². The van der Waals surface area contributed by atoms with Gasteiger partial charge in [0.2, 0.25) is 5.91 Å². The predicted octanol–water partition coefficient (Wildman–Crippen LogP) is 4.66. The van der Waals surface area contributed by atoms with Crippen LogP contribution in [0.15, 0.2) is 47.4 Å². The van der Waals surface area contributed by atoms with Gasteiger partial charge in [0, 0.05) is 19.5 Å². The maximum Gasteiger partial charge on any atom is 0.228 e. The first-order valence-electron chi connectivity index (χ1n) is 9.66. The average Bonchev–Trinajstić information content (AvgIpc) is 3.13. The summed E-state index contributed by atoms with van der Waals surface area (Å²) in [6, 6.07) is 10.2. The second-order valence-corrected chi connectivity index (χ2v) is 10.8. The molecule has 174 valence electrons. The number of carbonyl (C=O) groups is 1. The third-order valence-corrected chi connectivity index (χ3v) is 7.80. The van der Waals surface area contributed by atoms with E-state index in [1.54, 1.807) is 11.0 Å². The molecule has 0 aliphatic carbocycles. The molecule has 0 radical (unpaired) electrons. The molecule has 0 aliphatic heterocycles. The van der Waals surface area contributed by atoms with E-state index in [0.717, 1.165) is 16.8 Å². The summed E-state index contributed by atoms with van der Waals surface area (Å²) < 4.78 is 38.8. The van der Waals surface area contributed by atoms with E-state index in [4.69, 9.17) is 11.6 Å². The lowest BCUT2D eigenvalue weighted by atomic mass is 10.3. The molecule has 0 bridgehead atoms. The van der Waals surface area contributed by atoms with Crippen LogP contribution in [-0.4, -0.2) is 57.1 Å². The fraction of sp³-hybridized carbons (Fsp3) is 0.333. The Kier molecular flexibility index (Phi) is 9.41. The van der Waals surface area contributed by atoms with E-state index in [9.17, 15) is 17.6 Å². The summed E-state index contributed by atoms with van der Waals surface area (Å²) in [5.74, 6) is -0.898. The van der Waals surface area contributed by atoms with Crippen LogP contribution in [-0.2, 0) is 14.6 Å². The van der Waals surface area contributed by atoms with Gasteiger partial charge >= 0.3 is 0 Å². The molecule has 0 fully saturated rings. The van der Waals surface area contributed by atoms with Crippen LogP contribution in [0.4, 0.5) is 9.52 Å². The number of benzene rings is 2. The molecule has 1 heterocycles. The minimum atomic E-state index is -3.59. The minimum Gasteiger partial charge on any atom is -0.308 e. The first kappa shape index (κ1) is 26.5. The topological polar surface area (TPSA) is 70.6 Å². The molecule has 0 N–H and O–H groups in total. The highest BCUT2D eigenvalue weighted by atomic mass is 35.5. The molecule has 2 aromatic carbocycles. The van der Waals surface area contributed by atoms with Crippen LogP contribution in [0.25, 0.3) is 10.2 Å². The van der Waals surface area contributed by atoms with Gasteiger partial charge < -0.3 is 4.90 Å². The summed E-state index contributed by atoms with van der Waals surface area (Å²) in [6.45, 7) is 1.05. The van der Waals surface area contributed by atoms with Gasteiger partial charge in [0.1, 0.15) is 11.3 Å². The zero-order valence-corrected chi connectivity index (χ0v) is 20.8. The van der Waals surface area contributed by atoms with Crippen molar-refractivity contribution in [2.45, 2.75) is 17.7 Å². The molecule has 0 unspecified atom stereocenters. The lowest BCUT2D eigenvalue weighted by Gasteiger charge is -2.22. The van der Waals surface area contributed by atoms with E-state index in [-0.39, 0.29) is 41.8 Å². The third kappa shape index (κ3) is 6.62. The number of halogens is 3. The number of nitrogens with zero attached hydrogens (tertiary/aromatic N) is 3. The fourth-order valence-corrected chi connectivity index (χ4v) is 5.57. The molecule has 0 aliphatic rings. The number of rotatable bonds is 9. The van der Waals surface area contributed by atoms with Crippen molar-refractivity contribution in [2.75, 3.05) is 37.8 Å². The Hall–Kier alpha value is -1.78. The van der Waals surface area contributed by atoms with Gasteiger partial charge in [0.25, 0.3) is 0 Å². The zero-order chi connectivity index (χ0) is 22.6. The quantitative estimate of drug-likeness (QED) is 0.384. The molecule has 0 atom stereocenters. The van der Waals surface area contributed by atoms with Crippen molar-refractivity contribution >= 4 is 66.4 Å². The standard InChI is InChI=1S/C21H23ClFN3O3S2.ClH/c1-25(2)12-13-26(21-24-20-17(22)5-3-6-18(20)30-21)19(27)7-4-14-31(28,29)16-10-8-15(23)9-11-16;/h3,5-6,8-11H,4,7,12-14H2,1-2H3;1H. The number of aromatic nitrogens is 1. The summed E-state index contributed by atoms with van der Waals surface area (Å²) >= 11 is 7.60. The SMILES string of the molecule is CN(C)CCN(C(=O)CCCS(=O)(=O)c1ccc(F)cc1)c1nc2c(Cl)cccc2s1.Cl. The summed E-state index contributed by atoms with van der Waals surface area (Å²) in [4.78, 5) is 21.1. The highest BCUT2D eigenvalue weighted by molar-refractivity contribution is 7.91. The highest BCUT2D eigenvalue weighted by Crippen LogP contribution is 2.33. The Morgan fingerprint density at radius 3 is 2.44 bits per heavy atom. The number of para-hydroxylation sites is 1. The van der Waals surface area contributed by atoms with E-state index >= 15 is 0 Å². The van der Waals surface area contributed by atoms with Gasteiger partial charge in [-0.3, -0.25) is 9.69 Å². The number of likely N-dealkylation sites (N-methyl/N-ethyl adjacent to an activating group) is 1. The number of thiazole rings is 1. The van der Waals surface area contributed by atoms with Crippen LogP contribution < -0.4 is 4.90 Å². The first-order valence-corrected chi connectivity index (χ1v) is 12.5. The van der Waals surface area contributed by atoms with E-state index in [1.165, 1.54) is 23.5 Å². The third-order valence-electron chi connectivity index (χ3n) is 4.64. The molecule has 11 heteroatoms. The van der Waals surface area contributed by atoms with Crippen molar-refractivity contribution in [2.24, 2.45) is 0 Å². The van der Waals surface area contributed by atoms with Gasteiger partial charge in [-0.05, 0) is 56.9 Å². The molecule has 3 rings (SSSR count). The van der Waals surface area contributed by atoms with Gasteiger partial charge in [-0.1, -0.05) is 29.0 Å². The van der Waals surface area contributed by atoms with Crippen molar-refractivity contribution in [1.29, 1.82) is 0 Å². The largest absolute Gasteiger partial charge is 0.308 e. The van der Waals surface area contributed by atoms with Gasteiger partial charge in [0.15, 0.2) is 15.0 Å². The van der Waals surface area contributed by atoms with Gasteiger partial charge in [0.05, 0.1) is 20.4 Å². The van der Waals surface area contributed by atoms with E-state index < -0.39 is 15.7 Å². The summed E-state index contributed by atoms with van der Waals surface area (Å²) in [7, 11) is 0.229. The molecule has 0 spiro atoms. The fourth-order valence-electron chi connectivity index (χ4n) is 2.95. The molecule has 32 heavy (non-hydrogen) atoms. The summed E-state index contributed by atoms with van der Waals surface area (Å²) in [5, 5.41) is 1.06. The van der Waals surface area contributed by atoms with E-state index in [2.05, 4.69) is 4.98 Å². The molecule has 0 saturated heterocycles. The zero-order valence-electron chi connectivity index (χ0n) is 17.6. The molecule has 3 aromatic rings. The van der Waals surface area contributed by atoms with Crippen LogP contribution in [0.3, 0.4) is 0 Å². The Balaban J connectivity index is 0.00000363. The minimum absolute atomic E-state index is 0. The molecule has 6 nitrogen and oxygen atoms in total. The average molecular weight is 520 g/mol. The summed E-state index contributed by atoms with van der Waals surface area (Å²) in [6.07, 6.45) is 0.209. The predicted molar refractivity (Wildman–Crippen MR) is 130 cm³/mol. The Morgan fingerprint density at radius 1 is 1.12 bits per heavy atom. The number of hydrogen-bond donors (Lipinski definition) is 0. The molecular formula is C21H24Cl2FN3O3S2. The molecular weight excluding hydrogens is 496 g/mol. The number of hydrogen-bond acceptors (Lipinski definition) is 6. The molecule has 0 saturated carbocycles. The number of amides is 1. The number of carbonyl (C=O) groups excluding carboxylic acids is 1. The lowest BCUT2D eigenvalue weighted by molar-refractivity contribution is -0.118.